The fraction of sp³-hybridized carbons (Fsp3) is 0.400. The zero-order valence-electron chi connectivity index (χ0n) is 8.90. The number of fused-ring (bicyclic) bond motifs is 1. The van der Waals surface area contributed by atoms with Gasteiger partial charge < -0.3 is 9.72 Å². The smallest absolute Gasteiger partial charge is 0.261 e. The first-order chi connectivity index (χ1) is 8.18. The minimum absolute atomic E-state index is 0.183. The van der Waals surface area contributed by atoms with Crippen molar-refractivity contribution in [2.45, 2.75) is 13.0 Å². The number of pyridine rings is 1. The summed E-state index contributed by atoms with van der Waals surface area (Å²) in [6.07, 6.45) is -0.786. The van der Waals surface area contributed by atoms with E-state index >= 15 is 0 Å². The molecule has 0 aliphatic rings. The summed E-state index contributed by atoms with van der Waals surface area (Å²) in [5.41, 5.74) is 1.53. The summed E-state index contributed by atoms with van der Waals surface area (Å²) in [5.74, 6) is 0. The zero-order chi connectivity index (χ0) is 12.3. The van der Waals surface area contributed by atoms with Crippen LogP contribution in [-0.4, -0.2) is 34.2 Å². The van der Waals surface area contributed by atoms with E-state index in [4.69, 9.17) is 17.0 Å². The number of ether oxygens (including phenoxy) is 1. The molecule has 2 heterocycles. The van der Waals surface area contributed by atoms with Crippen LogP contribution < -0.4 is 0 Å². The van der Waals surface area contributed by atoms with Gasteiger partial charge in [0.1, 0.15) is 6.61 Å². The van der Waals surface area contributed by atoms with Crippen molar-refractivity contribution in [3.8, 4) is 0 Å². The van der Waals surface area contributed by atoms with Gasteiger partial charge in [0.05, 0.1) is 18.7 Å². The molecule has 17 heavy (non-hydrogen) atoms. The quantitative estimate of drug-likeness (QED) is 0.662. The van der Waals surface area contributed by atoms with E-state index < -0.39 is 13.0 Å². The third-order valence-electron chi connectivity index (χ3n) is 2.23. The van der Waals surface area contributed by atoms with Crippen molar-refractivity contribution in [3.05, 3.63) is 23.1 Å². The van der Waals surface area contributed by atoms with E-state index in [-0.39, 0.29) is 6.61 Å². The summed E-state index contributed by atoms with van der Waals surface area (Å²) in [6.45, 7) is 0.0356. The van der Waals surface area contributed by atoms with Gasteiger partial charge in [0, 0.05) is 6.20 Å². The number of H-pyrrole nitrogens is 1. The van der Waals surface area contributed by atoms with E-state index in [1.165, 1.54) is 0 Å². The Hall–Kier alpha value is -1.34. The zero-order valence-corrected chi connectivity index (χ0v) is 9.71. The van der Waals surface area contributed by atoms with Crippen LogP contribution in [0, 0.1) is 4.77 Å². The van der Waals surface area contributed by atoms with Gasteiger partial charge in [-0.25, -0.2) is 13.8 Å². The summed E-state index contributed by atoms with van der Waals surface area (Å²) in [5, 5.41) is 0. The molecule has 2 rings (SSSR count). The topological polar surface area (TPSA) is 42.8 Å². The SMILES string of the molecule is FC(F)COCCn1c(=S)[nH]c2cccnc21. The monoisotopic (exact) mass is 259 g/mol. The van der Waals surface area contributed by atoms with Gasteiger partial charge in [0.25, 0.3) is 6.43 Å². The fourth-order valence-electron chi connectivity index (χ4n) is 1.52. The normalized spacial score (nSPS) is 11.5. The van der Waals surface area contributed by atoms with E-state index in [9.17, 15) is 8.78 Å². The molecule has 0 aliphatic heterocycles. The van der Waals surface area contributed by atoms with Gasteiger partial charge in [-0.1, -0.05) is 0 Å². The molecule has 1 N–H and O–H groups in total. The second kappa shape index (κ2) is 5.33. The molecule has 0 fully saturated rings. The first-order valence-electron chi connectivity index (χ1n) is 5.08. The van der Waals surface area contributed by atoms with Crippen molar-refractivity contribution in [2.75, 3.05) is 13.2 Å². The van der Waals surface area contributed by atoms with Gasteiger partial charge in [-0.3, -0.25) is 4.57 Å². The lowest BCUT2D eigenvalue weighted by Gasteiger charge is -2.05. The van der Waals surface area contributed by atoms with Crippen LogP contribution in [0.4, 0.5) is 8.78 Å². The van der Waals surface area contributed by atoms with Crippen molar-refractivity contribution in [3.63, 3.8) is 0 Å². The number of hydrogen-bond acceptors (Lipinski definition) is 3. The first-order valence-corrected chi connectivity index (χ1v) is 5.48. The van der Waals surface area contributed by atoms with Crippen LogP contribution in [0.1, 0.15) is 0 Å². The van der Waals surface area contributed by atoms with Crippen LogP contribution in [0.15, 0.2) is 18.3 Å². The minimum atomic E-state index is -2.44. The average molecular weight is 259 g/mol. The minimum Gasteiger partial charge on any atom is -0.374 e. The Balaban J connectivity index is 2.08. The molecule has 2 aromatic heterocycles. The number of rotatable bonds is 5. The van der Waals surface area contributed by atoms with Gasteiger partial charge in [-0.05, 0) is 24.4 Å². The molecule has 0 atom stereocenters. The Bertz CT molecular complexity index is 552. The first kappa shape index (κ1) is 12.1. The van der Waals surface area contributed by atoms with Crippen molar-refractivity contribution in [1.82, 2.24) is 14.5 Å². The van der Waals surface area contributed by atoms with Crippen molar-refractivity contribution in [2.24, 2.45) is 0 Å². The Morgan fingerprint density at radius 3 is 3.12 bits per heavy atom. The van der Waals surface area contributed by atoms with E-state index in [0.29, 0.717) is 17.0 Å². The summed E-state index contributed by atoms with van der Waals surface area (Å²) >= 11 is 5.12. The standard InChI is InChI=1S/C10H11F2N3OS/c11-8(12)6-16-5-4-15-9-7(14-10(15)17)2-1-3-13-9/h1-3,8H,4-6H2,(H,14,17). The second-order valence-corrected chi connectivity index (χ2v) is 3.81. The number of aromatic nitrogens is 3. The molecule has 0 saturated carbocycles. The molecule has 92 valence electrons. The largest absolute Gasteiger partial charge is 0.374 e. The number of aromatic amines is 1. The maximum Gasteiger partial charge on any atom is 0.261 e. The Kier molecular flexibility index (Phi) is 3.80. The third-order valence-corrected chi connectivity index (χ3v) is 2.55. The van der Waals surface area contributed by atoms with Gasteiger partial charge in [-0.15, -0.1) is 0 Å². The highest BCUT2D eigenvalue weighted by Crippen LogP contribution is 2.10. The molecule has 0 aliphatic carbocycles. The predicted octanol–water partition coefficient (Wildman–Crippen LogP) is 2.38. The maximum atomic E-state index is 11.9. The predicted molar refractivity (Wildman–Crippen MR) is 61.7 cm³/mol. The molecule has 0 saturated heterocycles. The van der Waals surface area contributed by atoms with Gasteiger partial charge in [0.2, 0.25) is 0 Å². The molecule has 0 unspecified atom stereocenters. The lowest BCUT2D eigenvalue weighted by Crippen LogP contribution is -2.11. The van der Waals surface area contributed by atoms with E-state index in [1.807, 2.05) is 6.07 Å². The molecular formula is C10H11F2N3OS. The van der Waals surface area contributed by atoms with Crippen LogP contribution in [0.2, 0.25) is 0 Å². The molecular weight excluding hydrogens is 248 g/mol. The van der Waals surface area contributed by atoms with Crippen molar-refractivity contribution < 1.29 is 13.5 Å². The van der Waals surface area contributed by atoms with Crippen LogP contribution in [0.25, 0.3) is 11.2 Å². The second-order valence-electron chi connectivity index (χ2n) is 3.42. The lowest BCUT2D eigenvalue weighted by atomic mass is 10.4. The maximum absolute atomic E-state index is 11.9. The molecule has 0 bridgehead atoms. The molecule has 0 spiro atoms. The summed E-state index contributed by atoms with van der Waals surface area (Å²) < 4.78 is 30.8. The highest BCUT2D eigenvalue weighted by Gasteiger charge is 2.06. The average Bonchev–Trinajstić information content (AvgIpc) is 2.60. The number of halogens is 2. The van der Waals surface area contributed by atoms with E-state index in [2.05, 4.69) is 9.97 Å². The number of alkyl halides is 2. The fourth-order valence-corrected chi connectivity index (χ4v) is 1.81. The Morgan fingerprint density at radius 1 is 1.53 bits per heavy atom. The Morgan fingerprint density at radius 2 is 2.35 bits per heavy atom. The number of nitrogens with zero attached hydrogens (tertiary/aromatic N) is 2. The summed E-state index contributed by atoms with van der Waals surface area (Å²) in [4.78, 5) is 7.17. The molecule has 4 nitrogen and oxygen atoms in total. The van der Waals surface area contributed by atoms with E-state index in [0.717, 1.165) is 5.52 Å². The van der Waals surface area contributed by atoms with Gasteiger partial charge in [0.15, 0.2) is 10.4 Å². The van der Waals surface area contributed by atoms with Crippen LogP contribution in [0.5, 0.6) is 0 Å². The molecule has 7 heteroatoms. The van der Waals surface area contributed by atoms with Crippen LogP contribution >= 0.6 is 12.2 Å². The molecule has 2 aromatic rings. The summed E-state index contributed by atoms with van der Waals surface area (Å²) in [7, 11) is 0. The Labute approximate surface area is 101 Å². The van der Waals surface area contributed by atoms with Gasteiger partial charge >= 0.3 is 0 Å². The van der Waals surface area contributed by atoms with Gasteiger partial charge in [-0.2, -0.15) is 0 Å². The van der Waals surface area contributed by atoms with Crippen molar-refractivity contribution >= 4 is 23.4 Å². The highest BCUT2D eigenvalue weighted by atomic mass is 32.1. The highest BCUT2D eigenvalue weighted by molar-refractivity contribution is 7.71. The van der Waals surface area contributed by atoms with Crippen LogP contribution in [0.3, 0.4) is 0 Å². The number of nitrogens with one attached hydrogen (secondary N) is 1. The summed E-state index contributed by atoms with van der Waals surface area (Å²) in [6, 6.07) is 3.65. The molecule has 0 aromatic carbocycles. The third kappa shape index (κ3) is 2.86. The van der Waals surface area contributed by atoms with Crippen LogP contribution in [-0.2, 0) is 11.3 Å². The number of hydrogen-bond donors (Lipinski definition) is 1. The van der Waals surface area contributed by atoms with E-state index in [1.54, 1.807) is 16.8 Å². The molecule has 0 amide bonds. The molecule has 0 radical (unpaired) electrons. The lowest BCUT2D eigenvalue weighted by molar-refractivity contribution is 0.0149. The number of imidazole rings is 1. The van der Waals surface area contributed by atoms with Crippen molar-refractivity contribution in [1.29, 1.82) is 0 Å².